The first kappa shape index (κ1) is 13.8. The molecule has 17 heavy (non-hydrogen) atoms. The summed E-state index contributed by atoms with van der Waals surface area (Å²) in [7, 11) is 3.73. The number of nitrogens with zero attached hydrogens (tertiary/aromatic N) is 3. The highest BCUT2D eigenvalue weighted by molar-refractivity contribution is 5.66. The normalized spacial score (nSPS) is 13.1. The van der Waals surface area contributed by atoms with Crippen LogP contribution in [0, 0.1) is 6.92 Å². The van der Waals surface area contributed by atoms with Crippen LogP contribution in [0.4, 0.5) is 11.5 Å². The number of methoxy groups -OCH3 is 1. The summed E-state index contributed by atoms with van der Waals surface area (Å²) >= 11 is 0. The Hall–Kier alpha value is -1.23. The number of anilines is 2. The Balaban J connectivity index is 3.10. The second-order valence-electron chi connectivity index (χ2n) is 4.78. The molecule has 5 heteroatoms. The third-order valence-electron chi connectivity index (χ3n) is 3.00. The van der Waals surface area contributed by atoms with Gasteiger partial charge in [-0.3, -0.25) is 0 Å². The van der Waals surface area contributed by atoms with Crippen molar-refractivity contribution in [3.63, 3.8) is 0 Å². The van der Waals surface area contributed by atoms with Gasteiger partial charge >= 0.3 is 0 Å². The molecule has 98 valence electrons. The third-order valence-corrected chi connectivity index (χ3v) is 3.00. The summed E-state index contributed by atoms with van der Waals surface area (Å²) in [4.78, 5) is 2.12. The molecule has 0 aliphatic carbocycles. The van der Waals surface area contributed by atoms with Gasteiger partial charge < -0.3 is 15.4 Å². The van der Waals surface area contributed by atoms with E-state index in [1.807, 2.05) is 18.7 Å². The van der Waals surface area contributed by atoms with Crippen LogP contribution in [0.1, 0.15) is 32.5 Å². The molecule has 2 N–H and O–H groups in total. The van der Waals surface area contributed by atoms with E-state index < -0.39 is 0 Å². The van der Waals surface area contributed by atoms with Crippen LogP contribution >= 0.6 is 0 Å². The largest absolute Gasteiger partial charge is 0.394 e. The lowest BCUT2D eigenvalue weighted by Crippen LogP contribution is -2.35. The van der Waals surface area contributed by atoms with Gasteiger partial charge in [-0.1, -0.05) is 0 Å². The van der Waals surface area contributed by atoms with E-state index >= 15 is 0 Å². The van der Waals surface area contributed by atoms with E-state index in [0.717, 1.165) is 17.2 Å². The topological polar surface area (TPSA) is 56.3 Å². The van der Waals surface area contributed by atoms with E-state index in [-0.39, 0.29) is 12.1 Å². The number of ether oxygens (including phenoxy) is 1. The molecule has 0 aliphatic heterocycles. The maximum absolute atomic E-state index is 6.11. The van der Waals surface area contributed by atoms with E-state index in [9.17, 15) is 0 Å². The molecule has 0 saturated heterocycles. The Morgan fingerprint density at radius 3 is 2.47 bits per heavy atom. The molecule has 1 atom stereocenters. The minimum absolute atomic E-state index is 0.260. The SMILES string of the molecule is COCC(C)N(C)c1c(N)c(C)nn1C(C)C. The van der Waals surface area contributed by atoms with Crippen molar-refractivity contribution in [2.45, 2.75) is 39.8 Å². The Kier molecular flexibility index (Phi) is 4.40. The molecular weight excluding hydrogens is 216 g/mol. The predicted octanol–water partition coefficient (Wildman–Crippen LogP) is 1.83. The van der Waals surface area contributed by atoms with Gasteiger partial charge in [0.05, 0.1) is 24.0 Å². The minimum Gasteiger partial charge on any atom is -0.394 e. The van der Waals surface area contributed by atoms with Crippen LogP contribution in [0.2, 0.25) is 0 Å². The first-order valence-electron chi connectivity index (χ1n) is 5.96. The van der Waals surface area contributed by atoms with Crippen molar-refractivity contribution in [3.05, 3.63) is 5.69 Å². The van der Waals surface area contributed by atoms with E-state index in [4.69, 9.17) is 10.5 Å². The zero-order valence-corrected chi connectivity index (χ0v) is 11.7. The predicted molar refractivity (Wildman–Crippen MR) is 71.5 cm³/mol. The third kappa shape index (κ3) is 2.72. The zero-order chi connectivity index (χ0) is 13.2. The Labute approximate surface area is 104 Å². The summed E-state index contributed by atoms with van der Waals surface area (Å²) in [5.41, 5.74) is 7.74. The standard InChI is InChI=1S/C12H24N4O/c1-8(2)16-12(11(13)10(4)14-16)15(5)9(3)7-17-6/h8-9H,7,13H2,1-6H3. The fourth-order valence-electron chi connectivity index (χ4n) is 1.82. The molecule has 5 nitrogen and oxygen atoms in total. The first-order chi connectivity index (χ1) is 7.90. The van der Waals surface area contributed by atoms with E-state index in [1.165, 1.54) is 0 Å². The minimum atomic E-state index is 0.260. The van der Waals surface area contributed by atoms with Crippen LogP contribution in [-0.2, 0) is 4.74 Å². The molecule has 0 saturated carbocycles. The number of hydrogen-bond acceptors (Lipinski definition) is 4. The van der Waals surface area contributed by atoms with Crippen molar-refractivity contribution in [1.82, 2.24) is 9.78 Å². The Bertz CT molecular complexity index is 373. The van der Waals surface area contributed by atoms with E-state index in [0.29, 0.717) is 6.61 Å². The van der Waals surface area contributed by atoms with E-state index in [1.54, 1.807) is 7.11 Å². The van der Waals surface area contributed by atoms with Crippen LogP contribution in [-0.4, -0.2) is 36.6 Å². The number of nitrogens with two attached hydrogens (primary N) is 1. The van der Waals surface area contributed by atoms with Gasteiger partial charge in [0.1, 0.15) is 0 Å². The molecule has 1 heterocycles. The molecular formula is C12H24N4O. The maximum Gasteiger partial charge on any atom is 0.150 e. The fraction of sp³-hybridized carbons (Fsp3) is 0.750. The Morgan fingerprint density at radius 1 is 1.41 bits per heavy atom. The van der Waals surface area contributed by atoms with Crippen LogP contribution in [0.5, 0.6) is 0 Å². The lowest BCUT2D eigenvalue weighted by molar-refractivity contribution is 0.182. The smallest absolute Gasteiger partial charge is 0.150 e. The molecule has 0 bridgehead atoms. The average Bonchev–Trinajstić information content (AvgIpc) is 2.55. The zero-order valence-electron chi connectivity index (χ0n) is 11.7. The molecule has 0 aromatic carbocycles. The molecule has 0 aliphatic rings. The van der Waals surface area contributed by atoms with Gasteiger partial charge in [-0.2, -0.15) is 5.10 Å². The van der Waals surface area contributed by atoms with Gasteiger partial charge in [0.25, 0.3) is 0 Å². The summed E-state index contributed by atoms with van der Waals surface area (Å²) in [5, 5.41) is 4.48. The monoisotopic (exact) mass is 240 g/mol. The molecule has 1 aromatic heterocycles. The molecule has 0 fully saturated rings. The first-order valence-corrected chi connectivity index (χ1v) is 5.96. The maximum atomic E-state index is 6.11. The van der Waals surface area contributed by atoms with E-state index in [2.05, 4.69) is 30.8 Å². The summed E-state index contributed by atoms with van der Waals surface area (Å²) < 4.78 is 7.15. The number of hydrogen-bond donors (Lipinski definition) is 1. The van der Waals surface area contributed by atoms with Crippen LogP contribution in [0.15, 0.2) is 0 Å². The summed E-state index contributed by atoms with van der Waals surface area (Å²) in [6.45, 7) is 8.91. The summed E-state index contributed by atoms with van der Waals surface area (Å²) in [5.74, 6) is 0.974. The number of aromatic nitrogens is 2. The number of nitrogen functional groups attached to an aromatic ring is 1. The quantitative estimate of drug-likeness (QED) is 0.853. The molecule has 1 rings (SSSR count). The molecule has 1 aromatic rings. The van der Waals surface area contributed by atoms with Crippen molar-refractivity contribution in [2.24, 2.45) is 0 Å². The van der Waals surface area contributed by atoms with Gasteiger partial charge in [-0.25, -0.2) is 4.68 Å². The second kappa shape index (κ2) is 5.40. The van der Waals surface area contributed by atoms with Gasteiger partial charge in [-0.15, -0.1) is 0 Å². The Morgan fingerprint density at radius 2 is 2.00 bits per heavy atom. The van der Waals surface area contributed by atoms with Gasteiger partial charge in [-0.05, 0) is 27.7 Å². The number of aryl methyl sites for hydroxylation is 1. The highest BCUT2D eigenvalue weighted by atomic mass is 16.5. The highest BCUT2D eigenvalue weighted by Crippen LogP contribution is 2.29. The van der Waals surface area contributed by atoms with Crippen LogP contribution < -0.4 is 10.6 Å². The van der Waals surface area contributed by atoms with Crippen LogP contribution in [0.25, 0.3) is 0 Å². The molecule has 1 unspecified atom stereocenters. The second-order valence-corrected chi connectivity index (χ2v) is 4.78. The molecule has 0 amide bonds. The average molecular weight is 240 g/mol. The summed E-state index contributed by atoms with van der Waals surface area (Å²) in [6.07, 6.45) is 0. The number of likely N-dealkylation sites (N-methyl/N-ethyl adjacent to an activating group) is 1. The van der Waals surface area contributed by atoms with Crippen molar-refractivity contribution >= 4 is 11.5 Å². The molecule has 0 radical (unpaired) electrons. The fourth-order valence-corrected chi connectivity index (χ4v) is 1.82. The lowest BCUT2D eigenvalue weighted by Gasteiger charge is -2.28. The lowest BCUT2D eigenvalue weighted by atomic mass is 10.3. The van der Waals surface area contributed by atoms with Gasteiger partial charge in [0.15, 0.2) is 5.82 Å². The van der Waals surface area contributed by atoms with Crippen molar-refractivity contribution in [2.75, 3.05) is 31.4 Å². The number of rotatable bonds is 5. The molecule has 0 spiro atoms. The van der Waals surface area contributed by atoms with Crippen molar-refractivity contribution < 1.29 is 4.74 Å². The highest BCUT2D eigenvalue weighted by Gasteiger charge is 2.21. The summed E-state index contributed by atoms with van der Waals surface area (Å²) in [6, 6.07) is 0.550. The van der Waals surface area contributed by atoms with Gasteiger partial charge in [0.2, 0.25) is 0 Å². The van der Waals surface area contributed by atoms with Crippen LogP contribution in [0.3, 0.4) is 0 Å². The van der Waals surface area contributed by atoms with Gasteiger partial charge in [0, 0.05) is 20.2 Å². The van der Waals surface area contributed by atoms with Crippen molar-refractivity contribution in [3.8, 4) is 0 Å². The van der Waals surface area contributed by atoms with Crippen molar-refractivity contribution in [1.29, 1.82) is 0 Å².